The second-order valence-electron chi connectivity index (χ2n) is 6.28. The van der Waals surface area contributed by atoms with E-state index < -0.39 is 0 Å². The van der Waals surface area contributed by atoms with Crippen LogP contribution in [-0.4, -0.2) is 9.55 Å². The lowest BCUT2D eigenvalue weighted by molar-refractivity contribution is 0.269. The van der Waals surface area contributed by atoms with Crippen molar-refractivity contribution >= 4 is 45.8 Å². The van der Waals surface area contributed by atoms with Crippen LogP contribution in [0, 0.1) is 26.0 Å². The molecule has 1 N–H and O–H groups in total. The number of aromatic nitrogens is 2. The molecule has 0 radical (unpaired) electrons. The van der Waals surface area contributed by atoms with Crippen molar-refractivity contribution in [2.75, 3.05) is 0 Å². The molecule has 0 aliphatic heterocycles. The third kappa shape index (κ3) is 3.33. The maximum Gasteiger partial charge on any atom is 0.178 e. The van der Waals surface area contributed by atoms with Crippen LogP contribution in [0.2, 0.25) is 0 Å². The highest BCUT2D eigenvalue weighted by molar-refractivity contribution is 14.1. The van der Waals surface area contributed by atoms with Crippen molar-refractivity contribution in [2.24, 2.45) is 11.8 Å². The van der Waals surface area contributed by atoms with Crippen molar-refractivity contribution in [3.63, 3.8) is 0 Å². The van der Waals surface area contributed by atoms with Crippen LogP contribution in [0.15, 0.2) is 12.1 Å². The maximum absolute atomic E-state index is 13.8. The van der Waals surface area contributed by atoms with Gasteiger partial charge in [0.05, 0.1) is 14.6 Å². The average molecular weight is 418 g/mol. The van der Waals surface area contributed by atoms with Gasteiger partial charge in [-0.3, -0.25) is 0 Å². The van der Waals surface area contributed by atoms with E-state index in [0.29, 0.717) is 8.34 Å². The zero-order valence-electron chi connectivity index (χ0n) is 12.2. The number of nitrogens with one attached hydrogen (secondary N) is 1. The molecule has 0 unspecified atom stereocenters. The summed E-state index contributed by atoms with van der Waals surface area (Å²) in [6, 6.07) is 3.44. The first-order chi connectivity index (χ1) is 10.0. The van der Waals surface area contributed by atoms with Crippen LogP contribution >= 0.6 is 34.8 Å². The summed E-state index contributed by atoms with van der Waals surface area (Å²) >= 11 is 7.42. The molecule has 3 rings (SSSR count). The Bertz CT molecular complexity index is 698. The van der Waals surface area contributed by atoms with Gasteiger partial charge in [-0.2, -0.15) is 0 Å². The Morgan fingerprint density at radius 1 is 1.33 bits per heavy atom. The number of rotatable bonds is 3. The number of hydrogen-bond acceptors (Lipinski definition) is 1. The molecule has 0 spiro atoms. The van der Waals surface area contributed by atoms with Gasteiger partial charge in [0.15, 0.2) is 4.77 Å². The molecule has 1 heterocycles. The molecule has 114 valence electrons. The van der Waals surface area contributed by atoms with Gasteiger partial charge >= 0.3 is 0 Å². The van der Waals surface area contributed by atoms with Gasteiger partial charge in [0.2, 0.25) is 0 Å². The average Bonchev–Trinajstić information content (AvgIpc) is 2.74. The van der Waals surface area contributed by atoms with Crippen molar-refractivity contribution in [2.45, 2.75) is 45.6 Å². The molecule has 2 aromatic rings. The van der Waals surface area contributed by atoms with E-state index in [1.165, 1.54) is 25.7 Å². The Balaban J connectivity index is 1.79. The molecule has 1 fully saturated rings. The van der Waals surface area contributed by atoms with Gasteiger partial charge in [-0.1, -0.05) is 32.6 Å². The van der Waals surface area contributed by atoms with Gasteiger partial charge in [-0.25, -0.2) is 4.39 Å². The number of fused-ring (bicyclic) bond motifs is 1. The monoisotopic (exact) mass is 418 g/mol. The molecule has 1 aliphatic carbocycles. The SMILES string of the molecule is CC1CCC(CCn2c(=S)[nH]c3cc(I)c(F)cc32)CC1. The number of aromatic amines is 1. The summed E-state index contributed by atoms with van der Waals surface area (Å²) in [5.74, 6) is 1.51. The van der Waals surface area contributed by atoms with Gasteiger partial charge < -0.3 is 9.55 Å². The van der Waals surface area contributed by atoms with Crippen LogP contribution < -0.4 is 0 Å². The lowest BCUT2D eigenvalue weighted by Gasteiger charge is -2.26. The third-order valence-electron chi connectivity index (χ3n) is 4.71. The normalized spacial score (nSPS) is 22.8. The van der Waals surface area contributed by atoms with Crippen LogP contribution in [0.4, 0.5) is 4.39 Å². The van der Waals surface area contributed by atoms with Crippen molar-refractivity contribution in [3.8, 4) is 0 Å². The van der Waals surface area contributed by atoms with Gasteiger partial charge in [-0.05, 0) is 59.1 Å². The number of halogens is 2. The number of nitrogens with zero attached hydrogens (tertiary/aromatic N) is 1. The summed E-state index contributed by atoms with van der Waals surface area (Å²) in [4.78, 5) is 3.20. The highest BCUT2D eigenvalue weighted by Crippen LogP contribution is 2.31. The zero-order chi connectivity index (χ0) is 15.0. The maximum atomic E-state index is 13.8. The van der Waals surface area contributed by atoms with E-state index in [1.54, 1.807) is 6.07 Å². The molecule has 1 aliphatic rings. The Hall–Kier alpha value is -0.430. The fourth-order valence-electron chi connectivity index (χ4n) is 3.30. The first-order valence-corrected chi connectivity index (χ1v) is 9.11. The van der Waals surface area contributed by atoms with Crippen LogP contribution in [0.25, 0.3) is 11.0 Å². The number of hydrogen-bond donors (Lipinski definition) is 1. The predicted octanol–water partition coefficient (Wildman–Crippen LogP) is 5.66. The molecule has 21 heavy (non-hydrogen) atoms. The number of benzene rings is 1. The first-order valence-electron chi connectivity index (χ1n) is 7.62. The van der Waals surface area contributed by atoms with Crippen molar-refractivity contribution in [3.05, 3.63) is 26.3 Å². The summed E-state index contributed by atoms with van der Waals surface area (Å²) in [5.41, 5.74) is 1.82. The Labute approximate surface area is 143 Å². The highest BCUT2D eigenvalue weighted by atomic mass is 127. The van der Waals surface area contributed by atoms with Crippen LogP contribution in [-0.2, 0) is 6.54 Å². The van der Waals surface area contributed by atoms with E-state index in [0.717, 1.165) is 35.8 Å². The molecule has 5 heteroatoms. The highest BCUT2D eigenvalue weighted by Gasteiger charge is 2.18. The molecule has 1 aromatic carbocycles. The second-order valence-corrected chi connectivity index (χ2v) is 7.83. The largest absolute Gasteiger partial charge is 0.331 e. The van der Waals surface area contributed by atoms with Crippen molar-refractivity contribution < 1.29 is 4.39 Å². The van der Waals surface area contributed by atoms with E-state index in [9.17, 15) is 4.39 Å². The Kier molecular flexibility index (Phi) is 4.69. The van der Waals surface area contributed by atoms with Gasteiger partial charge in [0.1, 0.15) is 5.82 Å². The molecule has 1 saturated carbocycles. The third-order valence-corrected chi connectivity index (χ3v) is 5.86. The minimum Gasteiger partial charge on any atom is -0.331 e. The van der Waals surface area contributed by atoms with Crippen molar-refractivity contribution in [1.29, 1.82) is 0 Å². The summed E-state index contributed by atoms with van der Waals surface area (Å²) in [5, 5.41) is 0. The van der Waals surface area contributed by atoms with Crippen LogP contribution in [0.1, 0.15) is 39.0 Å². The van der Waals surface area contributed by atoms with E-state index >= 15 is 0 Å². The number of aryl methyl sites for hydroxylation is 1. The number of H-pyrrole nitrogens is 1. The summed E-state index contributed by atoms with van der Waals surface area (Å²) in [6.45, 7) is 3.23. The Morgan fingerprint density at radius 2 is 2.05 bits per heavy atom. The quantitative estimate of drug-likeness (QED) is 0.504. The summed E-state index contributed by atoms with van der Waals surface area (Å²) < 4.78 is 17.2. The topological polar surface area (TPSA) is 20.7 Å². The predicted molar refractivity (Wildman–Crippen MR) is 95.5 cm³/mol. The fraction of sp³-hybridized carbons (Fsp3) is 0.562. The Morgan fingerprint density at radius 3 is 2.76 bits per heavy atom. The minimum absolute atomic E-state index is 0.169. The molecular weight excluding hydrogens is 398 g/mol. The van der Waals surface area contributed by atoms with E-state index in [1.807, 2.05) is 28.7 Å². The van der Waals surface area contributed by atoms with Gasteiger partial charge in [0, 0.05) is 12.6 Å². The van der Waals surface area contributed by atoms with E-state index in [4.69, 9.17) is 12.2 Å². The van der Waals surface area contributed by atoms with E-state index in [-0.39, 0.29) is 5.82 Å². The first kappa shape index (κ1) is 15.5. The lowest BCUT2D eigenvalue weighted by atomic mass is 9.81. The molecule has 0 saturated heterocycles. The van der Waals surface area contributed by atoms with Crippen LogP contribution in [0.5, 0.6) is 0 Å². The van der Waals surface area contributed by atoms with Gasteiger partial charge in [0.25, 0.3) is 0 Å². The summed E-state index contributed by atoms with van der Waals surface area (Å²) in [7, 11) is 0. The smallest absolute Gasteiger partial charge is 0.178 e. The summed E-state index contributed by atoms with van der Waals surface area (Å²) in [6.07, 6.45) is 6.47. The number of imidazole rings is 1. The lowest BCUT2D eigenvalue weighted by Crippen LogP contribution is -2.14. The van der Waals surface area contributed by atoms with E-state index in [2.05, 4.69) is 16.5 Å². The molecule has 0 bridgehead atoms. The zero-order valence-corrected chi connectivity index (χ0v) is 15.1. The molecule has 0 atom stereocenters. The fourth-order valence-corrected chi connectivity index (χ4v) is 4.07. The minimum atomic E-state index is -0.169. The molecule has 0 amide bonds. The standard InChI is InChI=1S/C16H20FIN2S/c1-10-2-4-11(5-3-10)6-7-20-15-8-12(17)13(18)9-14(15)19-16(20)21/h8-11H,2-7H2,1H3,(H,19,21). The molecular formula is C16H20FIN2S. The van der Waals surface area contributed by atoms with Gasteiger partial charge in [-0.15, -0.1) is 0 Å². The molecule has 1 aromatic heterocycles. The second kappa shape index (κ2) is 6.36. The van der Waals surface area contributed by atoms with Crippen LogP contribution in [0.3, 0.4) is 0 Å². The molecule has 2 nitrogen and oxygen atoms in total. The van der Waals surface area contributed by atoms with Crippen molar-refractivity contribution in [1.82, 2.24) is 9.55 Å².